The van der Waals surface area contributed by atoms with Gasteiger partial charge in [-0.25, -0.2) is 9.79 Å². The van der Waals surface area contributed by atoms with Crippen LogP contribution in [-0.4, -0.2) is 40.9 Å². The van der Waals surface area contributed by atoms with E-state index in [1.807, 2.05) is 25.3 Å². The largest absolute Gasteiger partial charge is 0.478 e. The molecular formula is C34H44N5O3-. The molecular weight excluding hydrogens is 526 g/mol. The molecule has 224 valence electrons. The lowest BCUT2D eigenvalue weighted by Crippen LogP contribution is -2.28. The monoisotopic (exact) mass is 570 g/mol. The van der Waals surface area contributed by atoms with Gasteiger partial charge in [-0.1, -0.05) is 93.2 Å². The highest BCUT2D eigenvalue weighted by Gasteiger charge is 2.31. The predicted octanol–water partition coefficient (Wildman–Crippen LogP) is 6.74. The van der Waals surface area contributed by atoms with Crippen molar-refractivity contribution in [2.75, 3.05) is 6.54 Å². The maximum atomic E-state index is 11.8. The fourth-order valence-electron chi connectivity index (χ4n) is 6.32. The first-order chi connectivity index (χ1) is 20.3. The van der Waals surface area contributed by atoms with Crippen LogP contribution in [-0.2, 0) is 16.0 Å². The zero-order valence-corrected chi connectivity index (χ0v) is 24.5. The molecule has 0 amide bonds. The number of rotatable bonds is 16. The van der Waals surface area contributed by atoms with Crippen LogP contribution in [0.3, 0.4) is 0 Å². The Balaban J connectivity index is 1.61. The van der Waals surface area contributed by atoms with Crippen LogP contribution in [0.15, 0.2) is 71.4 Å². The zero-order chi connectivity index (χ0) is 29.9. The van der Waals surface area contributed by atoms with Gasteiger partial charge in [-0.05, 0) is 77.5 Å². The lowest BCUT2D eigenvalue weighted by Gasteiger charge is -2.38. The number of nitrogens with two attached hydrogens (primary N) is 2. The van der Waals surface area contributed by atoms with Crippen molar-refractivity contribution in [1.29, 1.82) is 0 Å². The summed E-state index contributed by atoms with van der Waals surface area (Å²) in [6.45, 7) is 2.07. The number of carbonyl (C=O) groups is 2. The number of hydrogen-bond acceptors (Lipinski definition) is 3. The number of unbranched alkanes of at least 4 members (excludes halogenated alkanes) is 3. The number of aryl methyl sites for hydroxylation is 1. The SMILES string of the molecule is CC(C=O)CCCCCCC1c2cc3ccccc3cc2CCC1CC([N-]c1ccc[nH]1)C(=CC(=O)O)CN=C(N)N. The maximum Gasteiger partial charge on any atom is 0.328 e. The zero-order valence-electron chi connectivity index (χ0n) is 24.5. The fraction of sp³-hybridized carbons (Fsp3) is 0.441. The second-order valence-corrected chi connectivity index (χ2v) is 11.6. The predicted molar refractivity (Wildman–Crippen MR) is 170 cm³/mol. The molecule has 0 bridgehead atoms. The first-order valence-electron chi connectivity index (χ1n) is 15.1. The summed E-state index contributed by atoms with van der Waals surface area (Å²) in [4.78, 5) is 30.1. The molecule has 8 nitrogen and oxygen atoms in total. The van der Waals surface area contributed by atoms with Crippen molar-refractivity contribution < 1.29 is 14.7 Å². The molecule has 0 fully saturated rings. The van der Waals surface area contributed by atoms with Crippen LogP contribution in [0.25, 0.3) is 16.1 Å². The van der Waals surface area contributed by atoms with E-state index in [2.05, 4.69) is 46.4 Å². The minimum atomic E-state index is -1.04. The second kappa shape index (κ2) is 15.2. The Labute approximate surface area is 248 Å². The molecule has 8 heteroatoms. The highest BCUT2D eigenvalue weighted by Crippen LogP contribution is 2.45. The van der Waals surface area contributed by atoms with Crippen molar-refractivity contribution in [3.05, 3.63) is 82.8 Å². The molecule has 0 saturated carbocycles. The third-order valence-corrected chi connectivity index (χ3v) is 8.50. The number of aliphatic imine (C=N–C) groups is 1. The van der Waals surface area contributed by atoms with E-state index in [4.69, 9.17) is 16.8 Å². The van der Waals surface area contributed by atoms with Crippen molar-refractivity contribution >= 4 is 34.8 Å². The summed E-state index contributed by atoms with van der Waals surface area (Å²) in [5, 5.41) is 17.2. The minimum Gasteiger partial charge on any atom is -0.478 e. The van der Waals surface area contributed by atoms with E-state index in [0.29, 0.717) is 29.6 Å². The molecule has 2 aromatic carbocycles. The first kappa shape index (κ1) is 30.9. The molecule has 1 heterocycles. The number of hydrogen-bond donors (Lipinski definition) is 4. The van der Waals surface area contributed by atoms with Crippen molar-refractivity contribution in [2.24, 2.45) is 28.3 Å². The summed E-state index contributed by atoms with van der Waals surface area (Å²) < 4.78 is 0. The number of H-pyrrole nitrogens is 1. The lowest BCUT2D eigenvalue weighted by atomic mass is 9.69. The lowest BCUT2D eigenvalue weighted by molar-refractivity contribution is -0.131. The van der Waals surface area contributed by atoms with Gasteiger partial charge in [-0.2, -0.15) is 0 Å². The summed E-state index contributed by atoms with van der Waals surface area (Å²) in [6, 6.07) is 16.6. The number of carbonyl (C=O) groups excluding carboxylic acids is 1. The molecule has 0 aliphatic heterocycles. The number of aromatic amines is 1. The highest BCUT2D eigenvalue weighted by molar-refractivity contribution is 5.84. The Bertz CT molecular complexity index is 1380. The molecule has 0 saturated heterocycles. The number of guanidine groups is 1. The second-order valence-electron chi connectivity index (χ2n) is 11.6. The molecule has 0 radical (unpaired) electrons. The van der Waals surface area contributed by atoms with Crippen LogP contribution < -0.4 is 11.5 Å². The molecule has 42 heavy (non-hydrogen) atoms. The highest BCUT2D eigenvalue weighted by atomic mass is 16.4. The van der Waals surface area contributed by atoms with Gasteiger partial charge in [-0.15, -0.1) is 0 Å². The maximum absolute atomic E-state index is 11.8. The molecule has 4 atom stereocenters. The third kappa shape index (κ3) is 8.71. The molecule has 6 N–H and O–H groups in total. The van der Waals surface area contributed by atoms with Crippen LogP contribution in [0.1, 0.15) is 75.3 Å². The van der Waals surface area contributed by atoms with Crippen molar-refractivity contribution in [3.63, 3.8) is 0 Å². The van der Waals surface area contributed by atoms with Crippen molar-refractivity contribution in [3.8, 4) is 0 Å². The fourth-order valence-corrected chi connectivity index (χ4v) is 6.32. The van der Waals surface area contributed by atoms with Gasteiger partial charge in [0.1, 0.15) is 6.29 Å². The van der Waals surface area contributed by atoms with Gasteiger partial charge in [0.05, 0.1) is 6.54 Å². The topological polar surface area (TPSA) is 149 Å². The van der Waals surface area contributed by atoms with Crippen LogP contribution in [0, 0.1) is 11.8 Å². The molecule has 4 unspecified atom stereocenters. The van der Waals surface area contributed by atoms with E-state index in [1.165, 1.54) is 28.0 Å². The van der Waals surface area contributed by atoms with E-state index < -0.39 is 5.97 Å². The van der Waals surface area contributed by atoms with E-state index in [-0.39, 0.29) is 24.5 Å². The Hall–Kier alpha value is -4.07. The number of aliphatic carboxylic acids is 1. The van der Waals surface area contributed by atoms with E-state index in [1.54, 1.807) is 0 Å². The number of benzene rings is 2. The van der Waals surface area contributed by atoms with Gasteiger partial charge in [-0.3, -0.25) is 0 Å². The summed E-state index contributed by atoms with van der Waals surface area (Å²) in [5.41, 5.74) is 14.7. The van der Waals surface area contributed by atoms with Crippen LogP contribution in [0.2, 0.25) is 0 Å². The molecule has 1 aliphatic rings. The van der Waals surface area contributed by atoms with Crippen LogP contribution in [0.4, 0.5) is 5.82 Å². The average Bonchev–Trinajstić information content (AvgIpc) is 3.49. The number of fused-ring (bicyclic) bond motifs is 2. The Morgan fingerprint density at radius 3 is 2.57 bits per heavy atom. The standard InChI is InChI=1S/C34H44N5O3/c1-23(22-40)9-4-2-3-5-12-29-27(15-14-26-17-24-10-6-7-11-25(24)18-30(26)29)19-31(39-32-13-8-16-37-32)28(20-33(41)42)21-38-34(35)36/h6-8,10-11,13,16-18,20,22-23,27,29,31,37H,2-5,9,12,14-15,19,21H2,1H3,(H,41,42)(H4,35,36,38)/q-1. The first-order valence-corrected chi connectivity index (χ1v) is 15.1. The number of carboxylic acids is 1. The van der Waals surface area contributed by atoms with Gasteiger partial charge in [0.25, 0.3) is 0 Å². The van der Waals surface area contributed by atoms with Crippen LogP contribution >= 0.6 is 0 Å². The minimum absolute atomic E-state index is 0.0798. The van der Waals surface area contributed by atoms with Gasteiger partial charge in [0.15, 0.2) is 5.96 Å². The normalized spacial score (nSPS) is 18.2. The van der Waals surface area contributed by atoms with Gasteiger partial charge >= 0.3 is 5.97 Å². The Kier molecular flexibility index (Phi) is 11.2. The number of aldehydes is 1. The Morgan fingerprint density at radius 1 is 1.12 bits per heavy atom. The molecule has 1 aliphatic carbocycles. The number of nitrogens with zero attached hydrogens (tertiary/aromatic N) is 2. The smallest absolute Gasteiger partial charge is 0.328 e. The van der Waals surface area contributed by atoms with Crippen molar-refractivity contribution in [2.45, 2.75) is 76.7 Å². The third-order valence-electron chi connectivity index (χ3n) is 8.50. The molecule has 0 spiro atoms. The summed E-state index contributed by atoms with van der Waals surface area (Å²) >= 11 is 0. The number of nitrogens with one attached hydrogen (secondary N) is 1. The number of aromatic nitrogens is 1. The van der Waals surface area contributed by atoms with E-state index >= 15 is 0 Å². The number of carboxylic acid groups (broad SMARTS) is 1. The summed E-state index contributed by atoms with van der Waals surface area (Å²) in [7, 11) is 0. The molecule has 1 aromatic heterocycles. The van der Waals surface area contributed by atoms with Crippen molar-refractivity contribution in [1.82, 2.24) is 4.98 Å². The Morgan fingerprint density at radius 2 is 1.88 bits per heavy atom. The quantitative estimate of drug-likeness (QED) is 0.0495. The van der Waals surface area contributed by atoms with E-state index in [9.17, 15) is 14.7 Å². The average molecular weight is 571 g/mol. The summed E-state index contributed by atoms with van der Waals surface area (Å²) in [5.74, 6) is 0.355. The van der Waals surface area contributed by atoms with Gasteiger partial charge in [0, 0.05) is 12.0 Å². The molecule has 4 rings (SSSR count). The van der Waals surface area contributed by atoms with E-state index in [0.717, 1.165) is 57.7 Å². The van der Waals surface area contributed by atoms with Crippen LogP contribution in [0.5, 0.6) is 0 Å². The molecule has 3 aromatic rings. The van der Waals surface area contributed by atoms with Gasteiger partial charge in [0.2, 0.25) is 0 Å². The summed E-state index contributed by atoms with van der Waals surface area (Å²) in [6.07, 6.45) is 13.2. The van der Waals surface area contributed by atoms with Gasteiger partial charge < -0.3 is 31.7 Å².